The van der Waals surface area contributed by atoms with Gasteiger partial charge in [-0.25, -0.2) is 9.59 Å². The average molecular weight is 246 g/mol. The molecular formula is C13H10O5. The third kappa shape index (κ3) is 1.48. The van der Waals surface area contributed by atoms with E-state index in [0.29, 0.717) is 12.2 Å². The molecule has 0 fully saturated rings. The minimum Gasteiger partial charge on any atom is -0.469 e. The molecule has 0 aliphatic heterocycles. The predicted molar refractivity (Wildman–Crippen MR) is 61.4 cm³/mol. The van der Waals surface area contributed by atoms with Gasteiger partial charge < -0.3 is 13.6 Å². The van der Waals surface area contributed by atoms with Crippen LogP contribution >= 0.6 is 0 Å². The molecule has 2 heterocycles. The summed E-state index contributed by atoms with van der Waals surface area (Å²) in [4.78, 5) is 23.1. The Morgan fingerprint density at radius 1 is 1.39 bits per heavy atom. The lowest BCUT2D eigenvalue weighted by Gasteiger charge is -2.13. The normalized spacial score (nSPS) is 12.7. The van der Waals surface area contributed by atoms with Crippen molar-refractivity contribution < 1.29 is 18.4 Å². The fourth-order valence-corrected chi connectivity index (χ4v) is 2.16. The van der Waals surface area contributed by atoms with Crippen molar-refractivity contribution in [2.24, 2.45) is 0 Å². The molecule has 2 aromatic rings. The summed E-state index contributed by atoms with van der Waals surface area (Å²) in [6.07, 6.45) is 2.96. The number of fused-ring (bicyclic) bond motifs is 3. The zero-order chi connectivity index (χ0) is 12.7. The van der Waals surface area contributed by atoms with Crippen molar-refractivity contribution in [2.75, 3.05) is 7.11 Å². The molecule has 3 rings (SSSR count). The second-order valence-corrected chi connectivity index (χ2v) is 4.05. The van der Waals surface area contributed by atoms with Gasteiger partial charge in [0.25, 0.3) is 0 Å². The SMILES string of the molecule is COC(=O)c1cc2c(oc1=O)-c1ccoc1CC2. The third-order valence-corrected chi connectivity index (χ3v) is 3.04. The summed E-state index contributed by atoms with van der Waals surface area (Å²) in [7, 11) is 1.23. The molecule has 0 bridgehead atoms. The van der Waals surface area contributed by atoms with Crippen LogP contribution in [0.25, 0.3) is 11.3 Å². The molecule has 0 radical (unpaired) electrons. The van der Waals surface area contributed by atoms with E-state index < -0.39 is 11.6 Å². The Balaban J connectivity index is 2.21. The molecule has 0 aromatic carbocycles. The summed E-state index contributed by atoms with van der Waals surface area (Å²) < 4.78 is 15.1. The van der Waals surface area contributed by atoms with E-state index in [4.69, 9.17) is 8.83 Å². The van der Waals surface area contributed by atoms with Crippen molar-refractivity contribution in [2.45, 2.75) is 12.8 Å². The number of carbonyl (C=O) groups excluding carboxylic acids is 1. The van der Waals surface area contributed by atoms with Gasteiger partial charge in [0.2, 0.25) is 0 Å². The number of esters is 1. The first kappa shape index (κ1) is 10.8. The number of rotatable bonds is 1. The second kappa shape index (κ2) is 3.87. The van der Waals surface area contributed by atoms with Crippen LogP contribution in [0.3, 0.4) is 0 Å². The van der Waals surface area contributed by atoms with Gasteiger partial charge in [0.1, 0.15) is 17.1 Å². The molecular weight excluding hydrogens is 236 g/mol. The number of aryl methyl sites for hydroxylation is 2. The van der Waals surface area contributed by atoms with Crippen LogP contribution in [0.2, 0.25) is 0 Å². The first-order valence-corrected chi connectivity index (χ1v) is 5.53. The summed E-state index contributed by atoms with van der Waals surface area (Å²) in [5.41, 5.74) is 0.853. The molecule has 0 saturated carbocycles. The molecule has 1 aliphatic rings. The topological polar surface area (TPSA) is 69.7 Å². The number of methoxy groups -OCH3 is 1. The first-order valence-electron chi connectivity index (χ1n) is 5.53. The lowest BCUT2D eigenvalue weighted by molar-refractivity contribution is 0.0595. The van der Waals surface area contributed by atoms with Gasteiger partial charge >= 0.3 is 11.6 Å². The molecule has 0 N–H and O–H groups in total. The predicted octanol–water partition coefficient (Wildman–Crippen LogP) is 1.79. The largest absolute Gasteiger partial charge is 0.469 e. The Kier molecular flexibility index (Phi) is 2.33. The number of ether oxygens (including phenoxy) is 1. The van der Waals surface area contributed by atoms with Gasteiger partial charge in [0.05, 0.1) is 18.9 Å². The monoisotopic (exact) mass is 246 g/mol. The Hall–Kier alpha value is -2.30. The van der Waals surface area contributed by atoms with E-state index in [9.17, 15) is 9.59 Å². The maximum atomic E-state index is 11.7. The van der Waals surface area contributed by atoms with Gasteiger partial charge in [-0.05, 0) is 24.1 Å². The van der Waals surface area contributed by atoms with Gasteiger partial charge in [0, 0.05) is 6.42 Å². The number of hydrogen-bond acceptors (Lipinski definition) is 5. The van der Waals surface area contributed by atoms with Crippen LogP contribution in [-0.4, -0.2) is 13.1 Å². The van der Waals surface area contributed by atoms with Crippen molar-refractivity contribution in [1.82, 2.24) is 0 Å². The fourth-order valence-electron chi connectivity index (χ4n) is 2.16. The van der Waals surface area contributed by atoms with E-state index in [1.54, 1.807) is 18.4 Å². The number of hydrogen-bond donors (Lipinski definition) is 0. The molecule has 0 spiro atoms. The highest BCUT2D eigenvalue weighted by Gasteiger charge is 2.24. The third-order valence-electron chi connectivity index (χ3n) is 3.04. The summed E-state index contributed by atoms with van der Waals surface area (Å²) in [5.74, 6) is 0.615. The smallest absolute Gasteiger partial charge is 0.351 e. The van der Waals surface area contributed by atoms with Gasteiger partial charge in [-0.1, -0.05) is 0 Å². The van der Waals surface area contributed by atoms with Crippen molar-refractivity contribution in [1.29, 1.82) is 0 Å². The molecule has 5 nitrogen and oxygen atoms in total. The van der Waals surface area contributed by atoms with Crippen LogP contribution in [-0.2, 0) is 17.6 Å². The molecule has 0 atom stereocenters. The highest BCUT2D eigenvalue weighted by atomic mass is 16.5. The van der Waals surface area contributed by atoms with E-state index in [1.807, 2.05) is 0 Å². The Bertz CT molecular complexity index is 677. The van der Waals surface area contributed by atoms with Crippen molar-refractivity contribution >= 4 is 5.97 Å². The van der Waals surface area contributed by atoms with E-state index in [-0.39, 0.29) is 5.56 Å². The maximum absolute atomic E-state index is 11.7. The molecule has 0 saturated heterocycles. The number of furan rings is 1. The van der Waals surface area contributed by atoms with Crippen LogP contribution < -0.4 is 5.63 Å². The summed E-state index contributed by atoms with van der Waals surface area (Å²) in [6, 6.07) is 3.30. The van der Waals surface area contributed by atoms with E-state index in [0.717, 1.165) is 23.3 Å². The molecule has 1 aliphatic carbocycles. The van der Waals surface area contributed by atoms with Gasteiger partial charge in [-0.2, -0.15) is 0 Å². The Morgan fingerprint density at radius 3 is 3.00 bits per heavy atom. The standard InChI is InChI=1S/C13H10O5/c1-16-12(14)9-6-7-2-3-10-8(4-5-17-10)11(7)18-13(9)15/h4-6H,2-3H2,1H3. The van der Waals surface area contributed by atoms with Crippen molar-refractivity contribution in [3.63, 3.8) is 0 Å². The zero-order valence-electron chi connectivity index (χ0n) is 9.69. The van der Waals surface area contributed by atoms with Gasteiger partial charge in [-0.3, -0.25) is 0 Å². The second-order valence-electron chi connectivity index (χ2n) is 4.05. The summed E-state index contributed by atoms with van der Waals surface area (Å²) in [6.45, 7) is 0. The molecule has 18 heavy (non-hydrogen) atoms. The molecule has 0 amide bonds. The minimum atomic E-state index is -0.686. The van der Waals surface area contributed by atoms with Gasteiger partial charge in [0.15, 0.2) is 0 Å². The highest BCUT2D eigenvalue weighted by Crippen LogP contribution is 2.33. The molecule has 0 unspecified atom stereocenters. The van der Waals surface area contributed by atoms with Crippen LogP contribution in [0.1, 0.15) is 21.7 Å². The maximum Gasteiger partial charge on any atom is 0.351 e. The Labute approximate surface area is 102 Å². The average Bonchev–Trinajstić information content (AvgIpc) is 2.85. The minimum absolute atomic E-state index is 0.0665. The fraction of sp³-hybridized carbons (Fsp3) is 0.231. The quantitative estimate of drug-likeness (QED) is 0.717. The molecule has 2 aromatic heterocycles. The summed E-state index contributed by atoms with van der Waals surface area (Å²) >= 11 is 0. The van der Waals surface area contributed by atoms with Crippen molar-refractivity contribution in [3.05, 3.63) is 45.7 Å². The van der Waals surface area contributed by atoms with Crippen LogP contribution in [0.4, 0.5) is 0 Å². The van der Waals surface area contributed by atoms with E-state index in [2.05, 4.69) is 4.74 Å². The van der Waals surface area contributed by atoms with Crippen LogP contribution in [0, 0.1) is 0 Å². The Morgan fingerprint density at radius 2 is 2.22 bits per heavy atom. The summed E-state index contributed by atoms with van der Waals surface area (Å²) in [5, 5.41) is 0. The lowest BCUT2D eigenvalue weighted by Crippen LogP contribution is -2.18. The molecule has 5 heteroatoms. The molecule has 92 valence electrons. The van der Waals surface area contributed by atoms with E-state index >= 15 is 0 Å². The van der Waals surface area contributed by atoms with Crippen LogP contribution in [0.15, 0.2) is 32.0 Å². The van der Waals surface area contributed by atoms with Gasteiger partial charge in [-0.15, -0.1) is 0 Å². The lowest BCUT2D eigenvalue weighted by atomic mass is 9.95. The number of carbonyl (C=O) groups is 1. The van der Waals surface area contributed by atoms with Crippen molar-refractivity contribution in [3.8, 4) is 11.3 Å². The zero-order valence-corrected chi connectivity index (χ0v) is 9.69. The van der Waals surface area contributed by atoms with Crippen LogP contribution in [0.5, 0.6) is 0 Å². The first-order chi connectivity index (χ1) is 8.70. The highest BCUT2D eigenvalue weighted by molar-refractivity contribution is 5.89. The van der Waals surface area contributed by atoms with E-state index in [1.165, 1.54) is 7.11 Å².